The average molecular weight is 439 g/mol. The van der Waals surface area contributed by atoms with Gasteiger partial charge >= 0.3 is 6.18 Å². The smallest absolute Gasteiger partial charge is 0.416 e. The van der Waals surface area contributed by atoms with Crippen molar-refractivity contribution in [3.8, 4) is 5.75 Å². The van der Waals surface area contributed by atoms with Crippen LogP contribution in [0.15, 0.2) is 72.8 Å². The zero-order valence-electron chi connectivity index (χ0n) is 17.2. The second-order valence-corrected chi connectivity index (χ2v) is 7.37. The molecule has 1 N–H and O–H groups in total. The molecule has 0 saturated carbocycles. The van der Waals surface area contributed by atoms with E-state index in [9.17, 15) is 18.0 Å². The van der Waals surface area contributed by atoms with E-state index in [1.54, 1.807) is 25.1 Å². The third kappa shape index (κ3) is 5.08. The lowest BCUT2D eigenvalue weighted by atomic mass is 10.1. The quantitative estimate of drug-likeness (QED) is 0.436. The van der Waals surface area contributed by atoms with E-state index >= 15 is 0 Å². The van der Waals surface area contributed by atoms with Crippen LogP contribution >= 0.6 is 0 Å². The lowest BCUT2D eigenvalue weighted by molar-refractivity contribution is -0.137. The van der Waals surface area contributed by atoms with Crippen LogP contribution in [0.2, 0.25) is 0 Å². The van der Waals surface area contributed by atoms with Crippen molar-refractivity contribution >= 4 is 22.5 Å². The molecule has 8 heteroatoms. The van der Waals surface area contributed by atoms with E-state index in [2.05, 4.69) is 10.4 Å². The van der Waals surface area contributed by atoms with Gasteiger partial charge in [-0.3, -0.25) is 9.48 Å². The fourth-order valence-corrected chi connectivity index (χ4v) is 3.34. The summed E-state index contributed by atoms with van der Waals surface area (Å²) >= 11 is 0. The van der Waals surface area contributed by atoms with E-state index in [1.807, 2.05) is 36.4 Å². The van der Waals surface area contributed by atoms with E-state index in [-0.39, 0.29) is 19.1 Å². The first-order valence-electron chi connectivity index (χ1n) is 9.90. The van der Waals surface area contributed by atoms with Gasteiger partial charge in [-0.2, -0.15) is 18.3 Å². The topological polar surface area (TPSA) is 56.1 Å². The molecule has 164 valence electrons. The molecule has 1 aromatic heterocycles. The number of aryl methyl sites for hydroxylation is 1. The number of benzene rings is 3. The van der Waals surface area contributed by atoms with Crippen LogP contribution in [0.1, 0.15) is 16.8 Å². The molecule has 5 nitrogen and oxygen atoms in total. The summed E-state index contributed by atoms with van der Waals surface area (Å²) in [4.78, 5) is 12.3. The van der Waals surface area contributed by atoms with Gasteiger partial charge in [0.25, 0.3) is 5.91 Å². The molecule has 32 heavy (non-hydrogen) atoms. The van der Waals surface area contributed by atoms with Crippen molar-refractivity contribution in [2.24, 2.45) is 0 Å². The van der Waals surface area contributed by atoms with Crippen LogP contribution in [0.4, 0.5) is 19.0 Å². The summed E-state index contributed by atoms with van der Waals surface area (Å²) in [5, 5.41) is 9.02. The van der Waals surface area contributed by atoms with E-state index in [0.29, 0.717) is 22.8 Å². The van der Waals surface area contributed by atoms with E-state index < -0.39 is 11.7 Å². The van der Waals surface area contributed by atoms with Crippen LogP contribution in [0, 0.1) is 6.92 Å². The number of anilines is 1. The monoisotopic (exact) mass is 439 g/mol. The van der Waals surface area contributed by atoms with E-state index in [1.165, 1.54) is 10.7 Å². The van der Waals surface area contributed by atoms with Crippen molar-refractivity contribution in [2.45, 2.75) is 19.6 Å². The van der Waals surface area contributed by atoms with Crippen molar-refractivity contribution in [1.29, 1.82) is 0 Å². The summed E-state index contributed by atoms with van der Waals surface area (Å²) in [6, 6.07) is 20.1. The molecule has 0 saturated heterocycles. The number of rotatable bonds is 6. The molecule has 4 aromatic rings. The third-order valence-corrected chi connectivity index (χ3v) is 4.93. The molecule has 1 heterocycles. The maximum absolute atomic E-state index is 12.9. The van der Waals surface area contributed by atoms with Gasteiger partial charge in [-0.05, 0) is 47.5 Å². The number of ether oxygens (including phenoxy) is 1. The first-order valence-corrected chi connectivity index (χ1v) is 9.90. The van der Waals surface area contributed by atoms with Gasteiger partial charge in [0, 0.05) is 11.8 Å². The minimum Gasteiger partial charge on any atom is -0.484 e. The summed E-state index contributed by atoms with van der Waals surface area (Å²) in [5.74, 6) is 0.494. The summed E-state index contributed by atoms with van der Waals surface area (Å²) in [6.07, 6.45) is -4.40. The van der Waals surface area contributed by atoms with Crippen molar-refractivity contribution in [3.63, 3.8) is 0 Å². The molecule has 0 aliphatic heterocycles. The molecule has 0 atom stereocenters. The number of nitrogens with one attached hydrogen (secondary N) is 1. The van der Waals surface area contributed by atoms with Crippen molar-refractivity contribution in [2.75, 3.05) is 11.9 Å². The Labute approximate surface area is 182 Å². The first-order chi connectivity index (χ1) is 15.3. The van der Waals surface area contributed by atoms with Crippen LogP contribution in [0.3, 0.4) is 0 Å². The number of halogens is 3. The number of carbonyl (C=O) groups is 1. The zero-order chi connectivity index (χ0) is 22.7. The maximum Gasteiger partial charge on any atom is 0.416 e. The second-order valence-electron chi connectivity index (χ2n) is 7.37. The SMILES string of the molecule is Cc1cc(NC(=O)COc2ccc3ccccc3c2)nn1Cc1cccc(C(F)(F)F)c1. The summed E-state index contributed by atoms with van der Waals surface area (Å²) < 4.78 is 45.9. The van der Waals surface area contributed by atoms with Gasteiger partial charge in [-0.25, -0.2) is 0 Å². The van der Waals surface area contributed by atoms with Crippen LogP contribution in [-0.4, -0.2) is 22.3 Å². The molecule has 0 aliphatic rings. The van der Waals surface area contributed by atoms with Gasteiger partial charge in [0.1, 0.15) is 5.75 Å². The Bertz CT molecular complexity index is 1260. The highest BCUT2D eigenvalue weighted by Gasteiger charge is 2.30. The molecule has 0 spiro atoms. The molecule has 0 unspecified atom stereocenters. The van der Waals surface area contributed by atoms with Gasteiger partial charge < -0.3 is 10.1 Å². The number of aromatic nitrogens is 2. The van der Waals surface area contributed by atoms with Crippen molar-refractivity contribution < 1.29 is 22.7 Å². The number of amides is 1. The summed E-state index contributed by atoms with van der Waals surface area (Å²) in [6.45, 7) is 1.72. The van der Waals surface area contributed by atoms with Crippen molar-refractivity contribution in [1.82, 2.24) is 9.78 Å². The van der Waals surface area contributed by atoms with Crippen LogP contribution in [-0.2, 0) is 17.5 Å². The minimum atomic E-state index is -4.40. The molecular weight excluding hydrogens is 419 g/mol. The Balaban J connectivity index is 1.37. The van der Waals surface area contributed by atoms with Gasteiger partial charge in [-0.15, -0.1) is 0 Å². The van der Waals surface area contributed by atoms with Gasteiger partial charge in [0.2, 0.25) is 0 Å². The molecule has 4 rings (SSSR count). The van der Waals surface area contributed by atoms with Crippen LogP contribution < -0.4 is 10.1 Å². The van der Waals surface area contributed by atoms with E-state index in [4.69, 9.17) is 4.74 Å². The Morgan fingerprint density at radius 1 is 1.00 bits per heavy atom. The molecule has 0 fully saturated rings. The zero-order valence-corrected chi connectivity index (χ0v) is 17.2. The number of carbonyl (C=O) groups excluding carboxylic acids is 1. The molecule has 0 aliphatic carbocycles. The second kappa shape index (κ2) is 8.74. The standard InChI is InChI=1S/C24H20F3N3O2/c1-16-11-22(29-30(16)14-17-5-4-8-20(12-17)24(25,26)27)28-23(31)15-32-21-10-9-18-6-2-3-7-19(18)13-21/h2-13H,14-15H2,1H3,(H,28,29,31). The predicted octanol–water partition coefficient (Wildman–Crippen LogP) is 5.43. The Morgan fingerprint density at radius 3 is 2.56 bits per heavy atom. The average Bonchev–Trinajstić information content (AvgIpc) is 3.10. The van der Waals surface area contributed by atoms with Gasteiger partial charge in [0.05, 0.1) is 12.1 Å². The summed E-state index contributed by atoms with van der Waals surface area (Å²) in [5.41, 5.74) is 0.455. The first kappa shape index (κ1) is 21.4. The highest BCUT2D eigenvalue weighted by Crippen LogP contribution is 2.29. The Morgan fingerprint density at radius 2 is 1.78 bits per heavy atom. The lowest BCUT2D eigenvalue weighted by Gasteiger charge is -2.09. The number of fused-ring (bicyclic) bond motifs is 1. The van der Waals surface area contributed by atoms with Crippen LogP contribution in [0.25, 0.3) is 10.8 Å². The Kier molecular flexibility index (Phi) is 5.85. The lowest BCUT2D eigenvalue weighted by Crippen LogP contribution is -2.20. The van der Waals surface area contributed by atoms with Crippen LogP contribution in [0.5, 0.6) is 5.75 Å². The van der Waals surface area contributed by atoms with Gasteiger partial charge in [-0.1, -0.05) is 42.5 Å². The minimum absolute atomic E-state index is 0.152. The highest BCUT2D eigenvalue weighted by molar-refractivity contribution is 5.91. The number of hydrogen-bond donors (Lipinski definition) is 1. The predicted molar refractivity (Wildman–Crippen MR) is 116 cm³/mol. The highest BCUT2D eigenvalue weighted by atomic mass is 19.4. The Hall–Kier alpha value is -3.81. The van der Waals surface area contributed by atoms with Gasteiger partial charge in [0.15, 0.2) is 12.4 Å². The number of hydrogen-bond acceptors (Lipinski definition) is 3. The molecule has 0 radical (unpaired) electrons. The molecular formula is C24H20F3N3O2. The van der Waals surface area contributed by atoms with Crippen molar-refractivity contribution in [3.05, 3.63) is 89.6 Å². The summed E-state index contributed by atoms with van der Waals surface area (Å²) in [7, 11) is 0. The normalized spacial score (nSPS) is 11.5. The molecule has 1 amide bonds. The fraction of sp³-hybridized carbons (Fsp3) is 0.167. The number of alkyl halides is 3. The molecule has 3 aromatic carbocycles. The number of nitrogens with zero attached hydrogens (tertiary/aromatic N) is 2. The fourth-order valence-electron chi connectivity index (χ4n) is 3.34. The largest absolute Gasteiger partial charge is 0.484 e. The van der Waals surface area contributed by atoms with E-state index in [0.717, 1.165) is 22.9 Å². The maximum atomic E-state index is 12.9. The third-order valence-electron chi connectivity index (χ3n) is 4.93. The molecule has 0 bridgehead atoms.